The van der Waals surface area contributed by atoms with Gasteiger partial charge in [-0.2, -0.15) is 5.10 Å². The highest BCUT2D eigenvalue weighted by Crippen LogP contribution is 2.11. The van der Waals surface area contributed by atoms with Crippen LogP contribution in [0, 0.1) is 13.8 Å². The Morgan fingerprint density at radius 1 is 1.30 bits per heavy atom. The number of ether oxygens (including phenoxy) is 1. The number of aryl methyl sites for hydroxylation is 2. The van der Waals surface area contributed by atoms with E-state index in [0.29, 0.717) is 5.11 Å². The lowest BCUT2D eigenvalue weighted by molar-refractivity contribution is 0.0389. The van der Waals surface area contributed by atoms with Gasteiger partial charge in [0.2, 0.25) is 0 Å². The van der Waals surface area contributed by atoms with Crippen LogP contribution in [0.4, 0.5) is 0 Å². The maximum atomic E-state index is 5.33. The molecule has 0 saturated carbocycles. The van der Waals surface area contributed by atoms with Crippen LogP contribution in [0.2, 0.25) is 0 Å². The highest BCUT2D eigenvalue weighted by Gasteiger charge is 2.09. The van der Waals surface area contributed by atoms with Crippen LogP contribution in [-0.4, -0.2) is 55.1 Å². The fourth-order valence-corrected chi connectivity index (χ4v) is 2.75. The van der Waals surface area contributed by atoms with Crippen LogP contribution in [-0.2, 0) is 4.74 Å². The van der Waals surface area contributed by atoms with E-state index in [0.717, 1.165) is 50.7 Å². The maximum absolute atomic E-state index is 5.33. The van der Waals surface area contributed by atoms with Gasteiger partial charge >= 0.3 is 0 Å². The number of morpholine rings is 1. The number of hydrogen-bond acceptors (Lipinski definition) is 4. The summed E-state index contributed by atoms with van der Waals surface area (Å²) in [6, 6.07) is 6.35. The molecule has 1 aliphatic rings. The summed E-state index contributed by atoms with van der Waals surface area (Å²) in [6.45, 7) is 11.6. The van der Waals surface area contributed by atoms with Gasteiger partial charge in [-0.15, -0.1) is 0 Å². The minimum absolute atomic E-state index is 0.558. The Kier molecular flexibility index (Phi) is 6.95. The Hall–Kier alpha value is -1.50. The van der Waals surface area contributed by atoms with Gasteiger partial charge in [0.25, 0.3) is 0 Å². The van der Waals surface area contributed by atoms with Crippen molar-refractivity contribution >= 4 is 23.0 Å². The second kappa shape index (κ2) is 8.96. The molecule has 0 radical (unpaired) electrons. The maximum Gasteiger partial charge on any atom is 0.187 e. The molecule has 1 aromatic carbocycles. The van der Waals surface area contributed by atoms with Crippen LogP contribution in [0.15, 0.2) is 23.3 Å². The third kappa shape index (κ3) is 5.89. The molecule has 0 atom stereocenters. The summed E-state index contributed by atoms with van der Waals surface area (Å²) < 4.78 is 5.33. The highest BCUT2D eigenvalue weighted by molar-refractivity contribution is 7.80. The first-order chi connectivity index (χ1) is 11.1. The third-order valence-corrected chi connectivity index (χ3v) is 4.15. The van der Waals surface area contributed by atoms with Crippen molar-refractivity contribution in [1.82, 2.24) is 15.6 Å². The molecule has 1 fully saturated rings. The van der Waals surface area contributed by atoms with Gasteiger partial charge in [0.15, 0.2) is 5.11 Å². The summed E-state index contributed by atoms with van der Waals surface area (Å²) in [4.78, 5) is 2.36. The van der Waals surface area contributed by atoms with E-state index in [1.54, 1.807) is 0 Å². The monoisotopic (exact) mass is 334 g/mol. The van der Waals surface area contributed by atoms with E-state index >= 15 is 0 Å². The molecule has 0 aromatic heterocycles. The molecule has 1 aromatic rings. The van der Waals surface area contributed by atoms with Crippen LogP contribution in [0.1, 0.15) is 23.6 Å². The molecule has 126 valence electrons. The lowest BCUT2D eigenvalue weighted by Crippen LogP contribution is -2.42. The number of thiocarbonyl (C=S) groups is 1. The van der Waals surface area contributed by atoms with Gasteiger partial charge in [0.1, 0.15) is 0 Å². The average molecular weight is 334 g/mol. The van der Waals surface area contributed by atoms with Crippen LogP contribution in [0.25, 0.3) is 0 Å². The number of nitrogens with one attached hydrogen (secondary N) is 2. The minimum Gasteiger partial charge on any atom is -0.379 e. The zero-order chi connectivity index (χ0) is 16.7. The first-order valence-corrected chi connectivity index (χ1v) is 8.43. The van der Waals surface area contributed by atoms with E-state index in [1.807, 2.05) is 6.92 Å². The van der Waals surface area contributed by atoms with E-state index in [1.165, 1.54) is 11.1 Å². The van der Waals surface area contributed by atoms with E-state index in [4.69, 9.17) is 17.0 Å². The molecule has 2 rings (SSSR count). The molecule has 0 unspecified atom stereocenters. The fraction of sp³-hybridized carbons (Fsp3) is 0.529. The normalized spacial score (nSPS) is 16.2. The lowest BCUT2D eigenvalue weighted by atomic mass is 10.0. The van der Waals surface area contributed by atoms with Crippen molar-refractivity contribution in [2.75, 3.05) is 39.4 Å². The van der Waals surface area contributed by atoms with Crippen LogP contribution >= 0.6 is 12.2 Å². The van der Waals surface area contributed by atoms with E-state index in [9.17, 15) is 0 Å². The molecule has 1 heterocycles. The zero-order valence-corrected chi connectivity index (χ0v) is 15.0. The molecule has 6 heteroatoms. The van der Waals surface area contributed by atoms with Crippen LogP contribution in [0.3, 0.4) is 0 Å². The van der Waals surface area contributed by atoms with Crippen molar-refractivity contribution in [1.29, 1.82) is 0 Å². The number of rotatable bonds is 5. The third-order valence-electron chi connectivity index (χ3n) is 3.91. The fourth-order valence-electron chi connectivity index (χ4n) is 2.61. The van der Waals surface area contributed by atoms with Crippen LogP contribution in [0.5, 0.6) is 0 Å². The lowest BCUT2D eigenvalue weighted by Gasteiger charge is -2.26. The minimum atomic E-state index is 0.558. The topological polar surface area (TPSA) is 48.9 Å². The smallest absolute Gasteiger partial charge is 0.187 e. The Morgan fingerprint density at radius 2 is 2.04 bits per heavy atom. The summed E-state index contributed by atoms with van der Waals surface area (Å²) in [5.74, 6) is 0. The summed E-state index contributed by atoms with van der Waals surface area (Å²) >= 11 is 5.27. The first kappa shape index (κ1) is 17.8. The zero-order valence-electron chi connectivity index (χ0n) is 14.2. The van der Waals surface area contributed by atoms with E-state index in [-0.39, 0.29) is 0 Å². The highest BCUT2D eigenvalue weighted by atomic mass is 32.1. The number of hydrogen-bond donors (Lipinski definition) is 2. The van der Waals surface area contributed by atoms with Gasteiger partial charge in [-0.3, -0.25) is 10.3 Å². The molecule has 1 aliphatic heterocycles. The SMILES string of the molecule is C/C(=N/NC(=S)NCCN1CCOCC1)c1ccc(C)cc1C. The molecular formula is C17H26N4OS. The van der Waals surface area contributed by atoms with Crippen LogP contribution < -0.4 is 10.7 Å². The predicted molar refractivity (Wildman–Crippen MR) is 99.1 cm³/mol. The molecule has 5 nitrogen and oxygen atoms in total. The summed E-state index contributed by atoms with van der Waals surface area (Å²) in [5, 5.41) is 8.13. The van der Waals surface area contributed by atoms with Gasteiger partial charge < -0.3 is 10.1 Å². The van der Waals surface area contributed by atoms with Crippen molar-refractivity contribution in [3.63, 3.8) is 0 Å². The quantitative estimate of drug-likeness (QED) is 0.489. The molecule has 2 N–H and O–H groups in total. The first-order valence-electron chi connectivity index (χ1n) is 8.02. The predicted octanol–water partition coefficient (Wildman–Crippen LogP) is 1.82. The Bertz CT molecular complexity index is 568. The molecular weight excluding hydrogens is 308 g/mol. The average Bonchev–Trinajstić information content (AvgIpc) is 2.53. The number of nitrogens with zero attached hydrogens (tertiary/aromatic N) is 2. The van der Waals surface area contributed by atoms with Crippen molar-refractivity contribution in [3.05, 3.63) is 34.9 Å². The Morgan fingerprint density at radius 3 is 2.74 bits per heavy atom. The molecule has 0 amide bonds. The summed E-state index contributed by atoms with van der Waals surface area (Å²) in [6.07, 6.45) is 0. The van der Waals surface area contributed by atoms with Crippen molar-refractivity contribution in [3.8, 4) is 0 Å². The second-order valence-corrected chi connectivity index (χ2v) is 6.25. The summed E-state index contributed by atoms with van der Waals surface area (Å²) in [7, 11) is 0. The molecule has 0 spiro atoms. The second-order valence-electron chi connectivity index (χ2n) is 5.84. The largest absolute Gasteiger partial charge is 0.379 e. The van der Waals surface area contributed by atoms with Crippen molar-refractivity contribution in [2.24, 2.45) is 5.10 Å². The number of hydrazone groups is 1. The van der Waals surface area contributed by atoms with Gasteiger partial charge in [0.05, 0.1) is 18.9 Å². The van der Waals surface area contributed by atoms with Gasteiger partial charge in [0, 0.05) is 31.7 Å². The number of benzene rings is 1. The summed E-state index contributed by atoms with van der Waals surface area (Å²) in [5.41, 5.74) is 7.47. The Balaban J connectivity index is 1.75. The standard InChI is InChI=1S/C17H26N4OS/c1-13-4-5-16(14(2)12-13)15(3)19-20-17(23)18-6-7-21-8-10-22-11-9-21/h4-5,12H,6-11H2,1-3H3,(H2,18,20,23)/b19-15-. The molecule has 0 bridgehead atoms. The van der Waals surface area contributed by atoms with E-state index in [2.05, 4.69) is 52.8 Å². The molecule has 1 saturated heterocycles. The van der Waals surface area contributed by atoms with Gasteiger partial charge in [-0.25, -0.2) is 0 Å². The Labute approximate surface area is 144 Å². The van der Waals surface area contributed by atoms with Crippen molar-refractivity contribution < 1.29 is 4.74 Å². The molecule has 0 aliphatic carbocycles. The van der Waals surface area contributed by atoms with Crippen molar-refractivity contribution in [2.45, 2.75) is 20.8 Å². The molecule has 23 heavy (non-hydrogen) atoms. The van der Waals surface area contributed by atoms with E-state index < -0.39 is 0 Å². The van der Waals surface area contributed by atoms with Gasteiger partial charge in [-0.05, 0) is 38.6 Å². The van der Waals surface area contributed by atoms with Gasteiger partial charge in [-0.1, -0.05) is 23.8 Å².